The van der Waals surface area contributed by atoms with E-state index in [0.717, 1.165) is 38.8 Å². The molecule has 0 aliphatic carbocycles. The quantitative estimate of drug-likeness (QED) is 0.147. The molecule has 266 valence electrons. The van der Waals surface area contributed by atoms with Crippen LogP contribution < -0.4 is 5.32 Å². The van der Waals surface area contributed by atoms with E-state index in [1.807, 2.05) is 56.5 Å². The number of hydrogen-bond acceptors (Lipinski definition) is 10. The van der Waals surface area contributed by atoms with Crippen LogP contribution in [0, 0.1) is 28.9 Å². The number of aryl methyl sites for hydroxylation is 1. The molecule has 3 amide bonds. The minimum atomic E-state index is -4.40. The van der Waals surface area contributed by atoms with Gasteiger partial charge in [-0.25, -0.2) is 18.2 Å². The Labute approximate surface area is 290 Å². The molecule has 0 saturated carbocycles. The second-order valence-electron chi connectivity index (χ2n) is 12.9. The maximum absolute atomic E-state index is 14.0. The fourth-order valence-corrected chi connectivity index (χ4v) is 8.12. The first-order valence-electron chi connectivity index (χ1n) is 16.0. The Kier molecular flexibility index (Phi) is 12.4. The Morgan fingerprint density at radius 1 is 1.12 bits per heavy atom. The number of carbonyl (C=O) groups excluding carboxylic acids is 2. The van der Waals surface area contributed by atoms with Crippen molar-refractivity contribution >= 4 is 39.0 Å². The largest absolute Gasteiger partial charge is 0.502 e. The van der Waals surface area contributed by atoms with Crippen molar-refractivity contribution in [1.82, 2.24) is 24.4 Å². The lowest BCUT2D eigenvalue weighted by Crippen LogP contribution is -2.57. The van der Waals surface area contributed by atoms with Crippen LogP contribution in [0.1, 0.15) is 44.0 Å². The van der Waals surface area contributed by atoms with Crippen LogP contribution in [0.4, 0.5) is 10.5 Å². The number of nitro benzene ring substituents is 1. The first-order valence-corrected chi connectivity index (χ1v) is 18.4. The molecule has 3 atom stereocenters. The predicted octanol–water partition coefficient (Wildman–Crippen LogP) is 3.76. The average Bonchev–Trinajstić information content (AvgIpc) is 3.60. The monoisotopic (exact) mass is 716 g/mol. The number of nitrogens with one attached hydrogen (secondary N) is 1. The van der Waals surface area contributed by atoms with Crippen molar-refractivity contribution in [2.45, 2.75) is 70.7 Å². The molecule has 0 radical (unpaired) electrons. The van der Waals surface area contributed by atoms with Crippen molar-refractivity contribution in [3.8, 4) is 5.75 Å². The van der Waals surface area contributed by atoms with Crippen LogP contribution in [0.15, 0.2) is 58.8 Å². The van der Waals surface area contributed by atoms with E-state index >= 15 is 0 Å². The number of phenols is 1. The summed E-state index contributed by atoms with van der Waals surface area (Å²) >= 11 is 1.50. The lowest BCUT2D eigenvalue weighted by molar-refractivity contribution is -0.386. The van der Waals surface area contributed by atoms with Gasteiger partial charge in [0.25, 0.3) is 0 Å². The van der Waals surface area contributed by atoms with Crippen molar-refractivity contribution in [3.05, 3.63) is 80.3 Å². The van der Waals surface area contributed by atoms with Gasteiger partial charge in [-0.3, -0.25) is 14.9 Å². The van der Waals surface area contributed by atoms with Crippen LogP contribution in [-0.2, 0) is 27.8 Å². The summed E-state index contributed by atoms with van der Waals surface area (Å²) in [6.45, 7) is 9.72. The molecule has 14 nitrogen and oxygen atoms in total. The molecule has 2 heterocycles. The number of aromatic hydroxyl groups is 1. The molecule has 16 heteroatoms. The molecular weight excluding hydrogens is 673 g/mol. The molecule has 3 N–H and O–H groups in total. The van der Waals surface area contributed by atoms with Crippen molar-refractivity contribution < 1.29 is 33.1 Å². The number of benzene rings is 2. The first kappa shape index (κ1) is 37.7. The molecule has 4 rings (SSSR count). The zero-order valence-electron chi connectivity index (χ0n) is 28.2. The van der Waals surface area contributed by atoms with Crippen LogP contribution >= 0.6 is 11.3 Å². The number of amides is 3. The van der Waals surface area contributed by atoms with Crippen LogP contribution in [-0.4, -0.2) is 98.9 Å². The van der Waals surface area contributed by atoms with Gasteiger partial charge < -0.3 is 25.3 Å². The third-order valence-corrected chi connectivity index (χ3v) is 10.9. The summed E-state index contributed by atoms with van der Waals surface area (Å²) in [6, 6.07) is 9.77. The predicted molar refractivity (Wildman–Crippen MR) is 184 cm³/mol. The number of hydrogen-bond donors (Lipinski definition) is 3. The number of nitro groups is 1. The van der Waals surface area contributed by atoms with Gasteiger partial charge in [0, 0.05) is 37.6 Å². The van der Waals surface area contributed by atoms with Gasteiger partial charge in [0.2, 0.25) is 15.9 Å². The van der Waals surface area contributed by atoms with E-state index in [0.29, 0.717) is 19.6 Å². The molecule has 0 unspecified atom stereocenters. The van der Waals surface area contributed by atoms with Gasteiger partial charge in [0.1, 0.15) is 6.04 Å². The van der Waals surface area contributed by atoms with Gasteiger partial charge in [-0.05, 0) is 42.9 Å². The molecule has 1 aromatic heterocycles. The fraction of sp³-hybridized carbons (Fsp3) is 0.485. The second-order valence-corrected chi connectivity index (χ2v) is 15.9. The third-order valence-electron chi connectivity index (χ3n) is 8.21. The summed E-state index contributed by atoms with van der Waals surface area (Å²) in [6.07, 6.45) is -1.27. The highest BCUT2D eigenvalue weighted by Crippen LogP contribution is 2.30. The van der Waals surface area contributed by atoms with E-state index in [9.17, 15) is 38.3 Å². The van der Waals surface area contributed by atoms with Gasteiger partial charge in [-0.2, -0.15) is 4.31 Å². The summed E-state index contributed by atoms with van der Waals surface area (Å²) in [5.74, 6) is -1.65. The minimum Gasteiger partial charge on any atom is -0.502 e. The number of aliphatic hydroxyl groups excluding tert-OH is 1. The number of aromatic nitrogens is 1. The number of sulfonamides is 1. The Morgan fingerprint density at radius 3 is 2.41 bits per heavy atom. The maximum Gasteiger partial charge on any atom is 0.321 e. The first-order chi connectivity index (χ1) is 23.1. The molecule has 0 bridgehead atoms. The maximum atomic E-state index is 14.0. The normalized spacial score (nSPS) is 15.7. The van der Waals surface area contributed by atoms with Gasteiger partial charge in [0.05, 0.1) is 39.2 Å². The van der Waals surface area contributed by atoms with Crippen molar-refractivity contribution in [2.75, 3.05) is 26.2 Å². The van der Waals surface area contributed by atoms with Crippen LogP contribution in [0.3, 0.4) is 0 Å². The summed E-state index contributed by atoms with van der Waals surface area (Å²) < 4.78 is 28.7. The van der Waals surface area contributed by atoms with Gasteiger partial charge in [-0.15, -0.1) is 11.3 Å². The molecule has 1 aliphatic heterocycles. The molecule has 0 spiro atoms. The van der Waals surface area contributed by atoms with Crippen LogP contribution in [0.5, 0.6) is 5.75 Å². The highest BCUT2D eigenvalue weighted by Gasteiger charge is 2.41. The highest BCUT2D eigenvalue weighted by atomic mass is 32.2. The standard InChI is InChI=1S/C33H44N6O8S2/c1-21(2)17-37(49(46,47)26-11-12-29(40)28(16-26)39(44)45)19-30(41)27(15-24-9-7-6-8-10-24)35-32(42)31(22(3)4)38-14-13-36(33(38)43)18-25-20-48-23(5)34-25/h6-12,16,20-22,27,30-31,40-41H,13-15,17-19H2,1-5H3,(H,35,42)/t27-,30+,31-/m0/s1. The summed E-state index contributed by atoms with van der Waals surface area (Å²) in [7, 11) is -4.40. The van der Waals surface area contributed by atoms with Crippen LogP contribution in [0.25, 0.3) is 0 Å². The highest BCUT2D eigenvalue weighted by molar-refractivity contribution is 7.89. The molecule has 1 saturated heterocycles. The Hall–Kier alpha value is -4.12. The lowest BCUT2D eigenvalue weighted by Gasteiger charge is -2.34. The van der Waals surface area contributed by atoms with Gasteiger partial charge in [0.15, 0.2) is 5.75 Å². The number of thiazole rings is 1. The lowest BCUT2D eigenvalue weighted by atomic mass is 9.97. The van der Waals surface area contributed by atoms with E-state index in [2.05, 4.69) is 10.3 Å². The Balaban J connectivity index is 1.60. The SMILES string of the molecule is Cc1nc(CN2CCN([C@H](C(=O)N[C@@H](Cc3ccccc3)[C@H](O)CN(CC(C)C)S(=O)(=O)c3ccc(O)c([N+](=O)[O-])c3)C(C)C)C2=O)cs1. The number of nitrogens with zero attached hydrogens (tertiary/aromatic N) is 5. The summed E-state index contributed by atoms with van der Waals surface area (Å²) in [4.78, 5) is 45.3. The Bertz CT molecular complexity index is 1730. The van der Waals surface area contributed by atoms with E-state index in [-0.39, 0.29) is 30.8 Å². The van der Waals surface area contributed by atoms with Crippen molar-refractivity contribution in [3.63, 3.8) is 0 Å². The molecule has 2 aromatic carbocycles. The van der Waals surface area contributed by atoms with Gasteiger partial charge in [-0.1, -0.05) is 58.0 Å². The van der Waals surface area contributed by atoms with E-state index in [1.54, 1.807) is 18.7 Å². The van der Waals surface area contributed by atoms with Crippen molar-refractivity contribution in [1.29, 1.82) is 0 Å². The number of rotatable bonds is 16. The van der Waals surface area contributed by atoms with Crippen molar-refractivity contribution in [2.24, 2.45) is 11.8 Å². The zero-order valence-corrected chi connectivity index (χ0v) is 29.9. The molecular formula is C33H44N6O8S2. The zero-order chi connectivity index (χ0) is 36.0. The van der Waals surface area contributed by atoms with Gasteiger partial charge >= 0.3 is 11.7 Å². The number of aliphatic hydroxyl groups is 1. The summed E-state index contributed by atoms with van der Waals surface area (Å²) in [5, 5.41) is 38.8. The minimum absolute atomic E-state index is 0.0364. The molecule has 1 fully saturated rings. The Morgan fingerprint density at radius 2 is 1.82 bits per heavy atom. The van der Waals surface area contributed by atoms with E-state index in [1.165, 1.54) is 16.2 Å². The topological polar surface area (TPSA) is 187 Å². The van der Waals surface area contributed by atoms with E-state index in [4.69, 9.17) is 0 Å². The smallest absolute Gasteiger partial charge is 0.321 e. The molecule has 49 heavy (non-hydrogen) atoms. The number of phenolic OH excluding ortho intramolecular Hbond substituents is 1. The number of urea groups is 1. The molecule has 3 aromatic rings. The fourth-order valence-electron chi connectivity index (χ4n) is 5.88. The average molecular weight is 717 g/mol. The number of carbonyl (C=O) groups is 2. The second kappa shape index (κ2) is 16.1. The van der Waals surface area contributed by atoms with Crippen LogP contribution in [0.2, 0.25) is 0 Å². The molecule has 1 aliphatic rings. The summed E-state index contributed by atoms with van der Waals surface area (Å²) in [5.41, 5.74) is 0.788. The third kappa shape index (κ3) is 9.32. The van der Waals surface area contributed by atoms with E-state index < -0.39 is 61.9 Å².